The minimum atomic E-state index is -0.477. The third kappa shape index (κ3) is 3.62. The van der Waals surface area contributed by atoms with Crippen molar-refractivity contribution in [3.63, 3.8) is 0 Å². The van der Waals surface area contributed by atoms with Gasteiger partial charge in [0.2, 0.25) is 0 Å². The van der Waals surface area contributed by atoms with E-state index in [0.29, 0.717) is 6.04 Å². The molecule has 2 atom stereocenters. The van der Waals surface area contributed by atoms with Crippen molar-refractivity contribution in [2.75, 3.05) is 37.7 Å². The number of nitrogens with zero attached hydrogens (tertiary/aromatic N) is 1. The van der Waals surface area contributed by atoms with Gasteiger partial charge in [-0.15, -0.1) is 0 Å². The van der Waals surface area contributed by atoms with E-state index in [2.05, 4.69) is 17.1 Å². The van der Waals surface area contributed by atoms with E-state index in [0.717, 1.165) is 31.7 Å². The lowest BCUT2D eigenvalue weighted by atomic mass is 9.79. The Hall–Kier alpha value is 0.230. The zero-order chi connectivity index (χ0) is 12.8. The molecule has 18 heavy (non-hydrogen) atoms. The van der Waals surface area contributed by atoms with Crippen molar-refractivity contribution in [1.29, 1.82) is 0 Å². The van der Waals surface area contributed by atoms with Crippen LogP contribution in [-0.4, -0.2) is 59.3 Å². The van der Waals surface area contributed by atoms with E-state index in [-0.39, 0.29) is 0 Å². The van der Waals surface area contributed by atoms with Crippen molar-refractivity contribution < 1.29 is 5.11 Å². The number of hydrogen-bond acceptors (Lipinski definition) is 4. The Kier molecular flexibility index (Phi) is 5.80. The van der Waals surface area contributed by atoms with Crippen LogP contribution in [-0.2, 0) is 0 Å². The predicted octanol–water partition coefficient (Wildman–Crippen LogP) is 1.71. The Morgan fingerprint density at radius 2 is 2.17 bits per heavy atom. The Labute approximate surface area is 116 Å². The number of piperidine rings is 2. The monoisotopic (exact) mass is 272 g/mol. The summed E-state index contributed by atoms with van der Waals surface area (Å²) in [4.78, 5) is 2.52. The van der Waals surface area contributed by atoms with Gasteiger partial charge >= 0.3 is 0 Å². The van der Waals surface area contributed by atoms with E-state index in [1.165, 1.54) is 38.1 Å². The molecular weight excluding hydrogens is 244 g/mol. The van der Waals surface area contributed by atoms with Gasteiger partial charge in [-0.05, 0) is 44.5 Å². The zero-order valence-electron chi connectivity index (χ0n) is 11.7. The Balaban J connectivity index is 1.79. The third-order valence-corrected chi connectivity index (χ3v) is 5.25. The normalized spacial score (nSPS) is 33.3. The molecule has 3 nitrogen and oxygen atoms in total. The van der Waals surface area contributed by atoms with Crippen LogP contribution in [0, 0.1) is 0 Å². The highest BCUT2D eigenvalue weighted by molar-refractivity contribution is 7.99. The molecule has 0 bridgehead atoms. The molecule has 2 fully saturated rings. The smallest absolute Gasteiger partial charge is 0.0926 e. The fraction of sp³-hybridized carbons (Fsp3) is 1.00. The van der Waals surface area contributed by atoms with Crippen LogP contribution in [0.2, 0.25) is 0 Å². The van der Waals surface area contributed by atoms with Crippen LogP contribution >= 0.6 is 11.8 Å². The lowest BCUT2D eigenvalue weighted by Crippen LogP contribution is -2.62. The molecule has 2 saturated heterocycles. The Morgan fingerprint density at radius 3 is 3.00 bits per heavy atom. The van der Waals surface area contributed by atoms with Crippen LogP contribution in [0.15, 0.2) is 0 Å². The molecule has 0 aromatic heterocycles. The molecule has 2 aliphatic rings. The van der Waals surface area contributed by atoms with E-state index in [9.17, 15) is 5.11 Å². The molecule has 2 N–H and O–H groups in total. The molecule has 0 aromatic carbocycles. The predicted molar refractivity (Wildman–Crippen MR) is 79.3 cm³/mol. The zero-order valence-corrected chi connectivity index (χ0v) is 12.5. The van der Waals surface area contributed by atoms with Gasteiger partial charge in [0.05, 0.1) is 5.60 Å². The summed E-state index contributed by atoms with van der Waals surface area (Å²) >= 11 is 1.96. The second-order valence-electron chi connectivity index (χ2n) is 5.63. The lowest BCUT2D eigenvalue weighted by Gasteiger charge is -2.49. The van der Waals surface area contributed by atoms with Crippen molar-refractivity contribution in [3.05, 3.63) is 0 Å². The molecule has 0 unspecified atom stereocenters. The second kappa shape index (κ2) is 7.13. The molecular formula is C14H28N2OS. The second-order valence-corrected chi connectivity index (χ2v) is 7.02. The molecule has 0 aliphatic carbocycles. The topological polar surface area (TPSA) is 35.5 Å². The van der Waals surface area contributed by atoms with Gasteiger partial charge in [-0.25, -0.2) is 0 Å². The summed E-state index contributed by atoms with van der Waals surface area (Å²) in [6.45, 7) is 6.38. The number of hydrogen-bond donors (Lipinski definition) is 2. The van der Waals surface area contributed by atoms with Crippen LogP contribution in [0.4, 0.5) is 0 Å². The first-order chi connectivity index (χ1) is 8.76. The Morgan fingerprint density at radius 1 is 1.33 bits per heavy atom. The van der Waals surface area contributed by atoms with Gasteiger partial charge in [0.1, 0.15) is 0 Å². The summed E-state index contributed by atoms with van der Waals surface area (Å²) in [5.41, 5.74) is -0.477. The lowest BCUT2D eigenvalue weighted by molar-refractivity contribution is -0.0915. The van der Waals surface area contributed by atoms with E-state index < -0.39 is 5.60 Å². The van der Waals surface area contributed by atoms with Gasteiger partial charge in [-0.1, -0.05) is 13.3 Å². The first kappa shape index (κ1) is 14.6. The van der Waals surface area contributed by atoms with Gasteiger partial charge in [0.25, 0.3) is 0 Å². The van der Waals surface area contributed by atoms with Gasteiger partial charge in [0, 0.05) is 24.9 Å². The number of rotatable bonds is 6. The molecule has 0 amide bonds. The summed E-state index contributed by atoms with van der Waals surface area (Å²) in [7, 11) is 0. The Bertz CT molecular complexity index is 250. The quantitative estimate of drug-likeness (QED) is 0.722. The van der Waals surface area contributed by atoms with E-state index >= 15 is 0 Å². The molecule has 0 spiro atoms. The summed E-state index contributed by atoms with van der Waals surface area (Å²) in [6, 6.07) is 0.409. The summed E-state index contributed by atoms with van der Waals surface area (Å²) in [6.07, 6.45) is 5.91. The van der Waals surface area contributed by atoms with Gasteiger partial charge in [-0.2, -0.15) is 11.8 Å². The van der Waals surface area contributed by atoms with E-state index in [4.69, 9.17) is 0 Å². The average Bonchev–Trinajstić information content (AvgIpc) is 2.39. The average molecular weight is 272 g/mol. The van der Waals surface area contributed by atoms with Gasteiger partial charge < -0.3 is 10.4 Å². The first-order valence-electron chi connectivity index (χ1n) is 7.51. The van der Waals surface area contributed by atoms with Crippen molar-refractivity contribution in [3.8, 4) is 0 Å². The number of thioether (sulfide) groups is 1. The van der Waals surface area contributed by atoms with Crippen molar-refractivity contribution in [2.45, 2.75) is 50.7 Å². The standard InChI is InChI=1S/C14H28N2OS/c1-2-18-11-8-15-12-14(17)7-5-10-16-9-4-3-6-13(14)16/h13,15,17H,2-12H2,1H3/t13-,14-/m1/s1. The summed E-state index contributed by atoms with van der Waals surface area (Å²) in [5.74, 6) is 2.34. The summed E-state index contributed by atoms with van der Waals surface area (Å²) < 4.78 is 0. The van der Waals surface area contributed by atoms with Gasteiger partial charge in [0.15, 0.2) is 0 Å². The fourth-order valence-electron chi connectivity index (χ4n) is 3.42. The van der Waals surface area contributed by atoms with Crippen LogP contribution in [0.25, 0.3) is 0 Å². The van der Waals surface area contributed by atoms with E-state index in [1.54, 1.807) is 0 Å². The summed E-state index contributed by atoms with van der Waals surface area (Å²) in [5, 5.41) is 14.4. The minimum Gasteiger partial charge on any atom is -0.387 e. The van der Waals surface area contributed by atoms with Crippen LogP contribution in [0.3, 0.4) is 0 Å². The molecule has 0 radical (unpaired) electrons. The van der Waals surface area contributed by atoms with E-state index in [1.807, 2.05) is 11.8 Å². The highest BCUT2D eigenvalue weighted by Crippen LogP contribution is 2.33. The maximum Gasteiger partial charge on any atom is 0.0926 e. The third-order valence-electron chi connectivity index (χ3n) is 4.35. The van der Waals surface area contributed by atoms with Crippen molar-refractivity contribution in [1.82, 2.24) is 10.2 Å². The molecule has 2 aliphatic heterocycles. The molecule has 0 aromatic rings. The number of aliphatic hydroxyl groups is 1. The molecule has 0 saturated carbocycles. The molecule has 4 heteroatoms. The largest absolute Gasteiger partial charge is 0.387 e. The number of fused-ring (bicyclic) bond motifs is 1. The number of nitrogens with one attached hydrogen (secondary N) is 1. The van der Waals surface area contributed by atoms with Crippen LogP contribution < -0.4 is 5.32 Å². The van der Waals surface area contributed by atoms with Gasteiger partial charge in [-0.3, -0.25) is 4.90 Å². The SMILES string of the molecule is CCSCCNC[C@]1(O)CCCN2CCCC[C@@H]21. The maximum atomic E-state index is 10.9. The molecule has 2 heterocycles. The molecule has 2 rings (SSSR count). The van der Waals surface area contributed by atoms with Crippen LogP contribution in [0.5, 0.6) is 0 Å². The maximum absolute atomic E-state index is 10.9. The first-order valence-corrected chi connectivity index (χ1v) is 8.66. The van der Waals surface area contributed by atoms with Crippen molar-refractivity contribution in [2.24, 2.45) is 0 Å². The highest BCUT2D eigenvalue weighted by atomic mass is 32.2. The fourth-order valence-corrected chi connectivity index (χ4v) is 4.00. The highest BCUT2D eigenvalue weighted by Gasteiger charge is 2.43. The minimum absolute atomic E-state index is 0.409. The van der Waals surface area contributed by atoms with Crippen LogP contribution in [0.1, 0.15) is 39.0 Å². The van der Waals surface area contributed by atoms with Crippen molar-refractivity contribution >= 4 is 11.8 Å². The molecule has 106 valence electrons.